The van der Waals surface area contributed by atoms with E-state index in [0.29, 0.717) is 18.9 Å². The normalized spacial score (nSPS) is 10.1. The third-order valence-electron chi connectivity index (χ3n) is 3.24. The number of rotatable bonds is 5. The Kier molecular flexibility index (Phi) is 5.42. The van der Waals surface area contributed by atoms with Crippen molar-refractivity contribution in [1.82, 2.24) is 0 Å². The maximum absolute atomic E-state index is 11.6. The average Bonchev–Trinajstić information content (AvgIpc) is 2.48. The SMILES string of the molecule is CCOC(=O)Nc1ccccc1COc1ccc(C)cc1C. The van der Waals surface area contributed by atoms with Gasteiger partial charge in [-0.1, -0.05) is 35.9 Å². The molecule has 0 aromatic heterocycles. The number of ether oxygens (including phenoxy) is 2. The van der Waals surface area contributed by atoms with Gasteiger partial charge in [0.2, 0.25) is 0 Å². The molecule has 0 unspecified atom stereocenters. The van der Waals surface area contributed by atoms with Crippen LogP contribution in [-0.4, -0.2) is 12.7 Å². The predicted molar refractivity (Wildman–Crippen MR) is 87.3 cm³/mol. The highest BCUT2D eigenvalue weighted by Crippen LogP contribution is 2.22. The van der Waals surface area contributed by atoms with E-state index in [0.717, 1.165) is 16.9 Å². The Morgan fingerprint density at radius 3 is 2.64 bits per heavy atom. The molecule has 0 bridgehead atoms. The summed E-state index contributed by atoms with van der Waals surface area (Å²) in [7, 11) is 0. The summed E-state index contributed by atoms with van der Waals surface area (Å²) in [4.78, 5) is 11.6. The fraction of sp³-hybridized carbons (Fsp3) is 0.278. The summed E-state index contributed by atoms with van der Waals surface area (Å²) in [6, 6.07) is 13.6. The van der Waals surface area contributed by atoms with Crippen LogP contribution >= 0.6 is 0 Å². The molecule has 0 aliphatic rings. The number of amides is 1. The quantitative estimate of drug-likeness (QED) is 0.887. The molecule has 0 fully saturated rings. The van der Waals surface area contributed by atoms with E-state index in [1.807, 2.05) is 43.3 Å². The Hall–Kier alpha value is -2.49. The van der Waals surface area contributed by atoms with Crippen LogP contribution in [0.5, 0.6) is 5.75 Å². The van der Waals surface area contributed by atoms with Crippen LogP contribution in [0.2, 0.25) is 0 Å². The molecule has 116 valence electrons. The van der Waals surface area contributed by atoms with E-state index >= 15 is 0 Å². The smallest absolute Gasteiger partial charge is 0.411 e. The molecule has 4 nitrogen and oxygen atoms in total. The van der Waals surface area contributed by atoms with Gasteiger partial charge in [-0.05, 0) is 38.5 Å². The lowest BCUT2D eigenvalue weighted by atomic mass is 10.1. The van der Waals surface area contributed by atoms with Gasteiger partial charge >= 0.3 is 6.09 Å². The Labute approximate surface area is 131 Å². The molecule has 0 saturated carbocycles. The largest absolute Gasteiger partial charge is 0.489 e. The van der Waals surface area contributed by atoms with Gasteiger partial charge in [-0.3, -0.25) is 5.32 Å². The van der Waals surface area contributed by atoms with Crippen molar-refractivity contribution in [3.05, 3.63) is 59.2 Å². The average molecular weight is 299 g/mol. The van der Waals surface area contributed by atoms with Crippen LogP contribution in [-0.2, 0) is 11.3 Å². The summed E-state index contributed by atoms with van der Waals surface area (Å²) in [5, 5.41) is 2.73. The second kappa shape index (κ2) is 7.50. The highest BCUT2D eigenvalue weighted by atomic mass is 16.5. The molecular formula is C18H21NO3. The lowest BCUT2D eigenvalue weighted by Crippen LogP contribution is -2.15. The summed E-state index contributed by atoms with van der Waals surface area (Å²) in [5.41, 5.74) is 3.89. The summed E-state index contributed by atoms with van der Waals surface area (Å²) < 4.78 is 10.8. The maximum atomic E-state index is 11.6. The minimum atomic E-state index is -0.457. The van der Waals surface area contributed by atoms with Gasteiger partial charge in [0.05, 0.1) is 12.3 Å². The molecule has 1 N–H and O–H groups in total. The van der Waals surface area contributed by atoms with Crippen molar-refractivity contribution >= 4 is 11.8 Å². The Morgan fingerprint density at radius 2 is 1.91 bits per heavy atom. The monoisotopic (exact) mass is 299 g/mol. The third-order valence-corrected chi connectivity index (χ3v) is 3.24. The highest BCUT2D eigenvalue weighted by Gasteiger charge is 2.08. The van der Waals surface area contributed by atoms with Gasteiger partial charge in [0.25, 0.3) is 0 Å². The molecule has 0 aliphatic carbocycles. The van der Waals surface area contributed by atoms with Gasteiger partial charge in [-0.25, -0.2) is 4.79 Å². The second-order valence-electron chi connectivity index (χ2n) is 5.06. The molecular weight excluding hydrogens is 278 g/mol. The summed E-state index contributed by atoms with van der Waals surface area (Å²) in [6.07, 6.45) is -0.457. The first-order valence-corrected chi connectivity index (χ1v) is 7.32. The van der Waals surface area contributed by atoms with Crippen LogP contribution in [0.15, 0.2) is 42.5 Å². The van der Waals surface area contributed by atoms with Gasteiger partial charge < -0.3 is 9.47 Å². The van der Waals surface area contributed by atoms with Gasteiger partial charge in [0, 0.05) is 5.56 Å². The van der Waals surface area contributed by atoms with E-state index in [1.54, 1.807) is 6.92 Å². The molecule has 0 radical (unpaired) electrons. The van der Waals surface area contributed by atoms with Gasteiger partial charge in [-0.15, -0.1) is 0 Å². The van der Waals surface area contributed by atoms with E-state index in [9.17, 15) is 4.79 Å². The second-order valence-corrected chi connectivity index (χ2v) is 5.06. The number of nitrogens with one attached hydrogen (secondary N) is 1. The Bertz CT molecular complexity index is 653. The van der Waals surface area contributed by atoms with E-state index < -0.39 is 6.09 Å². The van der Waals surface area contributed by atoms with Crippen molar-refractivity contribution in [2.24, 2.45) is 0 Å². The van der Waals surface area contributed by atoms with Gasteiger partial charge in [0.15, 0.2) is 0 Å². The van der Waals surface area contributed by atoms with E-state index in [-0.39, 0.29) is 0 Å². The fourth-order valence-electron chi connectivity index (χ4n) is 2.16. The zero-order chi connectivity index (χ0) is 15.9. The van der Waals surface area contributed by atoms with Gasteiger partial charge in [-0.2, -0.15) is 0 Å². The minimum absolute atomic E-state index is 0.340. The number of aryl methyl sites for hydroxylation is 2. The van der Waals surface area contributed by atoms with Gasteiger partial charge in [0.1, 0.15) is 12.4 Å². The molecule has 0 spiro atoms. The van der Waals surface area contributed by atoms with Crippen LogP contribution in [0.25, 0.3) is 0 Å². The van der Waals surface area contributed by atoms with E-state index in [2.05, 4.69) is 18.3 Å². The first-order chi connectivity index (χ1) is 10.6. The number of benzene rings is 2. The summed E-state index contributed by atoms with van der Waals surface area (Å²) in [6.45, 7) is 6.56. The molecule has 0 heterocycles. The predicted octanol–water partition coefficient (Wildman–Crippen LogP) is 4.45. The molecule has 2 aromatic rings. The molecule has 2 aromatic carbocycles. The van der Waals surface area contributed by atoms with E-state index in [1.165, 1.54) is 5.56 Å². The van der Waals surface area contributed by atoms with Crippen molar-refractivity contribution in [3.8, 4) is 5.75 Å². The zero-order valence-electron chi connectivity index (χ0n) is 13.2. The molecule has 22 heavy (non-hydrogen) atoms. The first-order valence-electron chi connectivity index (χ1n) is 7.32. The summed E-state index contributed by atoms with van der Waals surface area (Å²) in [5.74, 6) is 0.844. The van der Waals surface area contributed by atoms with E-state index in [4.69, 9.17) is 9.47 Å². The van der Waals surface area contributed by atoms with Crippen molar-refractivity contribution in [2.75, 3.05) is 11.9 Å². The van der Waals surface area contributed by atoms with Crippen molar-refractivity contribution < 1.29 is 14.3 Å². The topological polar surface area (TPSA) is 47.6 Å². The molecule has 4 heteroatoms. The number of carbonyl (C=O) groups is 1. The Balaban J connectivity index is 2.08. The third kappa shape index (κ3) is 4.25. The number of hydrogen-bond donors (Lipinski definition) is 1. The maximum Gasteiger partial charge on any atom is 0.411 e. The number of hydrogen-bond acceptors (Lipinski definition) is 3. The van der Waals surface area contributed by atoms with Crippen LogP contribution < -0.4 is 10.1 Å². The standard InChI is InChI=1S/C18H21NO3/c1-4-21-18(20)19-16-8-6-5-7-15(16)12-22-17-10-9-13(2)11-14(17)3/h5-11H,4,12H2,1-3H3,(H,19,20). The van der Waals surface area contributed by atoms with Crippen LogP contribution in [0.4, 0.5) is 10.5 Å². The van der Waals surface area contributed by atoms with Crippen molar-refractivity contribution in [2.45, 2.75) is 27.4 Å². The molecule has 0 aliphatic heterocycles. The van der Waals surface area contributed by atoms with Crippen LogP contribution in [0.3, 0.4) is 0 Å². The van der Waals surface area contributed by atoms with Crippen LogP contribution in [0, 0.1) is 13.8 Å². The lowest BCUT2D eigenvalue weighted by Gasteiger charge is -2.13. The molecule has 0 saturated heterocycles. The summed E-state index contributed by atoms with van der Waals surface area (Å²) >= 11 is 0. The number of para-hydroxylation sites is 1. The van der Waals surface area contributed by atoms with Crippen molar-refractivity contribution in [3.63, 3.8) is 0 Å². The number of carbonyl (C=O) groups excluding carboxylic acids is 1. The minimum Gasteiger partial charge on any atom is -0.489 e. The molecule has 2 rings (SSSR count). The molecule has 0 atom stereocenters. The zero-order valence-corrected chi connectivity index (χ0v) is 13.2. The highest BCUT2D eigenvalue weighted by molar-refractivity contribution is 5.85. The number of anilines is 1. The Morgan fingerprint density at radius 1 is 1.14 bits per heavy atom. The van der Waals surface area contributed by atoms with Crippen molar-refractivity contribution in [1.29, 1.82) is 0 Å². The first kappa shape index (κ1) is 15.9. The molecule has 1 amide bonds. The fourth-order valence-corrected chi connectivity index (χ4v) is 2.16. The lowest BCUT2D eigenvalue weighted by molar-refractivity contribution is 0.168. The van der Waals surface area contributed by atoms with Crippen LogP contribution in [0.1, 0.15) is 23.6 Å².